The standard InChI is InChI=1S/C13H18O6S/c1-7-2-4-8(5-3-7)20(18)13-12(17)11(16)10(15)9(6-14)19-13/h2-5,9-17H,6H2,1H3/t9-,10-,11+,12-,13+,20?/m1/s1. The first-order chi connectivity index (χ1) is 9.45. The molecule has 6 atom stereocenters. The molecule has 1 fully saturated rings. The predicted molar refractivity (Wildman–Crippen MR) is 71.4 cm³/mol. The summed E-state index contributed by atoms with van der Waals surface area (Å²) in [5, 5.41) is 38.3. The van der Waals surface area contributed by atoms with Gasteiger partial charge in [0.1, 0.15) is 24.4 Å². The van der Waals surface area contributed by atoms with E-state index in [2.05, 4.69) is 0 Å². The highest BCUT2D eigenvalue weighted by molar-refractivity contribution is 7.85. The molecule has 0 bridgehead atoms. The fourth-order valence-corrected chi connectivity index (χ4v) is 3.38. The molecule has 0 saturated carbocycles. The van der Waals surface area contributed by atoms with E-state index in [4.69, 9.17) is 9.84 Å². The molecule has 20 heavy (non-hydrogen) atoms. The molecule has 1 aliphatic heterocycles. The minimum absolute atomic E-state index is 0.444. The average Bonchev–Trinajstić information content (AvgIpc) is 2.45. The van der Waals surface area contributed by atoms with Crippen molar-refractivity contribution in [2.75, 3.05) is 6.61 Å². The summed E-state index contributed by atoms with van der Waals surface area (Å²) in [5.74, 6) is 0. The molecular weight excluding hydrogens is 284 g/mol. The van der Waals surface area contributed by atoms with Gasteiger partial charge in [0.25, 0.3) is 0 Å². The Bertz CT molecular complexity index is 474. The van der Waals surface area contributed by atoms with Gasteiger partial charge in [-0.25, -0.2) is 0 Å². The number of rotatable bonds is 3. The summed E-state index contributed by atoms with van der Waals surface area (Å²) in [5.41, 5.74) is -0.201. The lowest BCUT2D eigenvalue weighted by atomic mass is 10.0. The van der Waals surface area contributed by atoms with Crippen molar-refractivity contribution in [3.8, 4) is 0 Å². The monoisotopic (exact) mass is 302 g/mol. The first-order valence-corrected chi connectivity index (χ1v) is 7.44. The molecular formula is C13H18O6S. The fraction of sp³-hybridized carbons (Fsp3) is 0.538. The maximum Gasteiger partial charge on any atom is 0.166 e. The van der Waals surface area contributed by atoms with Crippen molar-refractivity contribution in [1.29, 1.82) is 0 Å². The van der Waals surface area contributed by atoms with E-state index in [1.165, 1.54) is 0 Å². The Morgan fingerprint density at radius 1 is 1.10 bits per heavy atom. The Morgan fingerprint density at radius 2 is 1.70 bits per heavy atom. The van der Waals surface area contributed by atoms with E-state index in [-0.39, 0.29) is 0 Å². The molecule has 1 saturated heterocycles. The Balaban J connectivity index is 2.22. The van der Waals surface area contributed by atoms with Crippen molar-refractivity contribution >= 4 is 10.8 Å². The van der Waals surface area contributed by atoms with Crippen LogP contribution < -0.4 is 0 Å². The maximum absolute atomic E-state index is 12.4. The summed E-state index contributed by atoms with van der Waals surface area (Å²) in [7, 11) is -1.72. The highest BCUT2D eigenvalue weighted by Gasteiger charge is 2.46. The van der Waals surface area contributed by atoms with E-state index in [1.54, 1.807) is 24.3 Å². The highest BCUT2D eigenvalue weighted by atomic mass is 32.2. The van der Waals surface area contributed by atoms with Gasteiger partial charge < -0.3 is 25.2 Å². The van der Waals surface area contributed by atoms with Gasteiger partial charge in [0.05, 0.1) is 17.4 Å². The third kappa shape index (κ3) is 2.93. The number of aliphatic hydroxyl groups is 4. The van der Waals surface area contributed by atoms with Crippen molar-refractivity contribution in [2.45, 2.75) is 41.7 Å². The third-order valence-corrected chi connectivity index (χ3v) is 4.86. The summed E-state index contributed by atoms with van der Waals surface area (Å²) in [6.45, 7) is 1.35. The van der Waals surface area contributed by atoms with Crippen LogP contribution in [0.3, 0.4) is 0 Å². The molecule has 1 aliphatic rings. The Kier molecular flexibility index (Phi) is 4.90. The summed E-state index contributed by atoms with van der Waals surface area (Å²) >= 11 is 0. The van der Waals surface area contributed by atoms with Crippen LogP contribution in [0.5, 0.6) is 0 Å². The van der Waals surface area contributed by atoms with Crippen LogP contribution in [0.1, 0.15) is 5.56 Å². The van der Waals surface area contributed by atoms with Gasteiger partial charge in [-0.2, -0.15) is 0 Å². The third-order valence-electron chi connectivity index (χ3n) is 3.31. The van der Waals surface area contributed by atoms with Crippen molar-refractivity contribution in [3.05, 3.63) is 29.8 Å². The van der Waals surface area contributed by atoms with E-state index in [9.17, 15) is 19.5 Å². The zero-order valence-electron chi connectivity index (χ0n) is 10.9. The average molecular weight is 302 g/mol. The number of aliphatic hydroxyl groups excluding tert-OH is 4. The van der Waals surface area contributed by atoms with Crippen LogP contribution in [0.15, 0.2) is 29.2 Å². The summed E-state index contributed by atoms with van der Waals surface area (Å²) in [4.78, 5) is 0.444. The van der Waals surface area contributed by atoms with Gasteiger partial charge >= 0.3 is 0 Å². The lowest BCUT2D eigenvalue weighted by molar-refractivity contribution is -0.206. The molecule has 0 amide bonds. The van der Waals surface area contributed by atoms with Crippen LogP contribution >= 0.6 is 0 Å². The van der Waals surface area contributed by atoms with Gasteiger partial charge in [-0.3, -0.25) is 4.21 Å². The van der Waals surface area contributed by atoms with Crippen LogP contribution in [0, 0.1) is 6.92 Å². The summed E-state index contributed by atoms with van der Waals surface area (Å²) < 4.78 is 17.7. The second-order valence-corrected chi connectivity index (χ2v) is 6.34. The Labute approximate surface area is 119 Å². The minimum Gasteiger partial charge on any atom is -0.394 e. The Morgan fingerprint density at radius 3 is 2.25 bits per heavy atom. The number of benzene rings is 1. The number of hydrogen-bond acceptors (Lipinski definition) is 6. The van der Waals surface area contributed by atoms with Gasteiger partial charge in [-0.15, -0.1) is 0 Å². The largest absolute Gasteiger partial charge is 0.394 e. The SMILES string of the molecule is Cc1ccc(S(=O)[C@@H]2O[C@H](CO)[C@@H](O)[C@H](O)[C@H]2O)cc1. The van der Waals surface area contributed by atoms with Crippen molar-refractivity contribution < 1.29 is 29.4 Å². The molecule has 1 aromatic carbocycles. The molecule has 0 radical (unpaired) electrons. The van der Waals surface area contributed by atoms with Crippen LogP contribution in [0.25, 0.3) is 0 Å². The quantitative estimate of drug-likeness (QED) is 0.565. The number of hydrogen-bond donors (Lipinski definition) is 4. The van der Waals surface area contributed by atoms with Gasteiger partial charge in [-0.05, 0) is 19.1 Å². The first-order valence-electron chi connectivity index (χ1n) is 6.23. The van der Waals surface area contributed by atoms with Crippen LogP contribution in [0.4, 0.5) is 0 Å². The second kappa shape index (κ2) is 6.30. The molecule has 6 nitrogen and oxygen atoms in total. The summed E-state index contributed by atoms with van der Waals surface area (Å²) in [6.07, 6.45) is -5.50. The van der Waals surface area contributed by atoms with Gasteiger partial charge in [-0.1, -0.05) is 17.7 Å². The zero-order valence-corrected chi connectivity index (χ0v) is 11.7. The maximum atomic E-state index is 12.4. The fourth-order valence-electron chi connectivity index (χ4n) is 2.05. The molecule has 1 aromatic rings. The predicted octanol–water partition coefficient (Wildman–Crippen LogP) is -1.10. The molecule has 7 heteroatoms. The van der Waals surface area contributed by atoms with Crippen molar-refractivity contribution in [2.24, 2.45) is 0 Å². The molecule has 112 valence electrons. The normalized spacial score (nSPS) is 35.8. The first kappa shape index (κ1) is 15.6. The molecule has 0 aromatic heterocycles. The van der Waals surface area contributed by atoms with Gasteiger partial charge in [0.15, 0.2) is 5.44 Å². The number of aryl methyl sites for hydroxylation is 1. The van der Waals surface area contributed by atoms with Crippen molar-refractivity contribution in [1.82, 2.24) is 0 Å². The minimum atomic E-state index is -1.72. The van der Waals surface area contributed by atoms with E-state index in [1.807, 2.05) is 6.92 Å². The molecule has 0 aliphatic carbocycles. The molecule has 2 rings (SSSR count). The Hall–Kier alpha value is -0.830. The van der Waals surface area contributed by atoms with Crippen LogP contribution in [0.2, 0.25) is 0 Å². The second-order valence-electron chi connectivity index (χ2n) is 4.81. The molecule has 0 spiro atoms. The molecule has 1 heterocycles. The van der Waals surface area contributed by atoms with Gasteiger partial charge in [0, 0.05) is 4.90 Å². The smallest absolute Gasteiger partial charge is 0.166 e. The van der Waals surface area contributed by atoms with E-state index >= 15 is 0 Å². The topological polar surface area (TPSA) is 107 Å². The van der Waals surface area contributed by atoms with Gasteiger partial charge in [0.2, 0.25) is 0 Å². The lowest BCUT2D eigenvalue weighted by Gasteiger charge is -2.39. The lowest BCUT2D eigenvalue weighted by Crippen LogP contribution is -2.59. The van der Waals surface area contributed by atoms with E-state index < -0.39 is 47.3 Å². The van der Waals surface area contributed by atoms with E-state index in [0.717, 1.165) is 5.56 Å². The zero-order chi connectivity index (χ0) is 14.9. The van der Waals surface area contributed by atoms with E-state index in [0.29, 0.717) is 4.90 Å². The van der Waals surface area contributed by atoms with Crippen molar-refractivity contribution in [3.63, 3.8) is 0 Å². The molecule has 1 unspecified atom stereocenters. The van der Waals surface area contributed by atoms with Crippen LogP contribution in [-0.2, 0) is 15.5 Å². The number of ether oxygens (including phenoxy) is 1. The highest BCUT2D eigenvalue weighted by Crippen LogP contribution is 2.26. The molecule has 4 N–H and O–H groups in total. The van der Waals surface area contributed by atoms with Crippen LogP contribution in [-0.4, -0.2) is 61.1 Å². The summed E-state index contributed by atoms with van der Waals surface area (Å²) in [6, 6.07) is 6.84.